The number of esters is 1. The number of hydrogen-bond donors (Lipinski definition) is 0. The number of allylic oxidation sites excluding steroid dienone is 1. The van der Waals surface area contributed by atoms with Crippen LogP contribution in [0.25, 0.3) is 6.08 Å². The summed E-state index contributed by atoms with van der Waals surface area (Å²) in [5.74, 6) is 0.113. The zero-order valence-electron chi connectivity index (χ0n) is 20.0. The standard InChI is InChI=1S/C26H23Cl2IN2O4S/c1-5-34-25(33)21-14(4)30-26-31(22(21)17-8-6-7-9-18(17)28)24(32)20(36-26)11-15-10-16(27)12-19(29)23(15)35-13(2)3/h6-13,22H,5H2,1-4H3/b20-11-/t22-/m0/s1. The average Bonchev–Trinajstić information content (AvgIpc) is 3.10. The molecule has 1 aliphatic rings. The summed E-state index contributed by atoms with van der Waals surface area (Å²) in [5.41, 5.74) is 1.76. The van der Waals surface area contributed by atoms with Crippen LogP contribution in [0.15, 0.2) is 57.5 Å². The van der Waals surface area contributed by atoms with E-state index in [0.29, 0.717) is 42.0 Å². The van der Waals surface area contributed by atoms with Crippen LogP contribution in [0.2, 0.25) is 10.0 Å². The fourth-order valence-corrected chi connectivity index (χ4v) is 6.43. The lowest BCUT2D eigenvalue weighted by molar-refractivity contribution is -0.139. The summed E-state index contributed by atoms with van der Waals surface area (Å²) in [6.07, 6.45) is 1.69. The van der Waals surface area contributed by atoms with Crippen LogP contribution in [-0.2, 0) is 9.53 Å². The van der Waals surface area contributed by atoms with Crippen molar-refractivity contribution in [3.8, 4) is 5.75 Å². The molecule has 4 rings (SSSR count). The summed E-state index contributed by atoms with van der Waals surface area (Å²) >= 11 is 16.3. The molecule has 0 unspecified atom stereocenters. The fourth-order valence-electron chi connectivity index (χ4n) is 3.97. The van der Waals surface area contributed by atoms with E-state index in [1.54, 1.807) is 44.2 Å². The summed E-state index contributed by atoms with van der Waals surface area (Å²) < 4.78 is 14.1. The van der Waals surface area contributed by atoms with Gasteiger partial charge in [-0.3, -0.25) is 9.36 Å². The van der Waals surface area contributed by atoms with E-state index in [-0.39, 0.29) is 23.8 Å². The van der Waals surface area contributed by atoms with Crippen LogP contribution in [0.3, 0.4) is 0 Å². The van der Waals surface area contributed by atoms with Gasteiger partial charge in [0.2, 0.25) is 0 Å². The monoisotopic (exact) mass is 656 g/mol. The lowest BCUT2D eigenvalue weighted by Gasteiger charge is -2.25. The molecule has 2 aromatic carbocycles. The number of carbonyl (C=O) groups is 1. The molecule has 1 atom stereocenters. The molecule has 0 bridgehead atoms. The van der Waals surface area contributed by atoms with Gasteiger partial charge in [0, 0.05) is 15.6 Å². The minimum atomic E-state index is -0.776. The highest BCUT2D eigenvalue weighted by Gasteiger charge is 2.34. The van der Waals surface area contributed by atoms with Crippen LogP contribution in [0.4, 0.5) is 0 Å². The smallest absolute Gasteiger partial charge is 0.338 e. The predicted octanol–water partition coefficient (Wildman–Crippen LogP) is 5.50. The van der Waals surface area contributed by atoms with Crippen LogP contribution in [-0.4, -0.2) is 23.2 Å². The third-order valence-electron chi connectivity index (χ3n) is 5.39. The summed E-state index contributed by atoms with van der Waals surface area (Å²) in [6.45, 7) is 7.54. The Morgan fingerprint density at radius 1 is 1.28 bits per heavy atom. The second-order valence-corrected chi connectivity index (χ2v) is 11.3. The van der Waals surface area contributed by atoms with Crippen LogP contribution in [0.1, 0.15) is 44.9 Å². The maximum atomic E-state index is 13.8. The number of benzene rings is 2. The van der Waals surface area contributed by atoms with Crippen LogP contribution in [0.5, 0.6) is 5.75 Å². The average molecular weight is 657 g/mol. The Morgan fingerprint density at radius 2 is 2.00 bits per heavy atom. The minimum absolute atomic E-state index is 0.0666. The molecule has 0 saturated heterocycles. The Hall–Kier alpha value is -2.14. The van der Waals surface area contributed by atoms with Gasteiger partial charge in [-0.05, 0) is 80.1 Å². The Kier molecular flexibility index (Phi) is 8.28. The molecular formula is C26H23Cl2IN2O4S. The molecule has 0 amide bonds. The topological polar surface area (TPSA) is 69.9 Å². The van der Waals surface area contributed by atoms with E-state index in [4.69, 9.17) is 32.7 Å². The lowest BCUT2D eigenvalue weighted by Crippen LogP contribution is -2.40. The van der Waals surface area contributed by atoms with Gasteiger partial charge in [-0.15, -0.1) is 0 Å². The van der Waals surface area contributed by atoms with E-state index in [9.17, 15) is 9.59 Å². The Balaban J connectivity index is 1.99. The molecule has 0 N–H and O–H groups in total. The molecule has 0 aliphatic carbocycles. The largest absolute Gasteiger partial charge is 0.489 e. The van der Waals surface area contributed by atoms with Crippen molar-refractivity contribution in [1.82, 2.24) is 4.57 Å². The Bertz CT molecular complexity index is 1560. The summed E-state index contributed by atoms with van der Waals surface area (Å²) in [6, 6.07) is 9.95. The first-order chi connectivity index (χ1) is 17.1. The van der Waals surface area contributed by atoms with Crippen molar-refractivity contribution in [2.75, 3.05) is 6.61 Å². The van der Waals surface area contributed by atoms with E-state index in [1.807, 2.05) is 26.0 Å². The van der Waals surface area contributed by atoms with Crippen molar-refractivity contribution in [2.45, 2.75) is 39.8 Å². The predicted molar refractivity (Wildman–Crippen MR) is 152 cm³/mol. The summed E-state index contributed by atoms with van der Waals surface area (Å²) in [7, 11) is 0. The van der Waals surface area contributed by atoms with Crippen molar-refractivity contribution >= 4 is 69.2 Å². The number of carbonyl (C=O) groups excluding carboxylic acids is 1. The van der Waals surface area contributed by atoms with E-state index in [1.165, 1.54) is 15.9 Å². The van der Waals surface area contributed by atoms with Gasteiger partial charge in [0.05, 0.1) is 32.1 Å². The fraction of sp³-hybridized carbons (Fsp3) is 0.269. The minimum Gasteiger partial charge on any atom is -0.489 e. The van der Waals surface area contributed by atoms with Gasteiger partial charge in [-0.1, -0.05) is 52.7 Å². The van der Waals surface area contributed by atoms with Crippen molar-refractivity contribution in [1.29, 1.82) is 0 Å². The van der Waals surface area contributed by atoms with Gasteiger partial charge in [-0.25, -0.2) is 9.79 Å². The summed E-state index contributed by atoms with van der Waals surface area (Å²) in [4.78, 5) is 31.9. The van der Waals surface area contributed by atoms with Gasteiger partial charge in [0.15, 0.2) is 4.80 Å². The highest BCUT2D eigenvalue weighted by atomic mass is 127. The Labute approximate surface area is 236 Å². The molecule has 0 spiro atoms. The number of fused-ring (bicyclic) bond motifs is 1. The van der Waals surface area contributed by atoms with Gasteiger partial charge in [0.25, 0.3) is 5.56 Å². The van der Waals surface area contributed by atoms with E-state index in [2.05, 4.69) is 27.6 Å². The molecule has 2 heterocycles. The third kappa shape index (κ3) is 5.27. The van der Waals surface area contributed by atoms with Crippen molar-refractivity contribution in [2.24, 2.45) is 4.99 Å². The highest BCUT2D eigenvalue weighted by molar-refractivity contribution is 14.1. The number of rotatable bonds is 6. The normalized spacial score (nSPS) is 15.7. The molecule has 0 fully saturated rings. The molecule has 0 saturated carbocycles. The quantitative estimate of drug-likeness (QED) is 0.260. The van der Waals surface area contributed by atoms with Crippen molar-refractivity contribution in [3.63, 3.8) is 0 Å². The first-order valence-corrected chi connectivity index (χ1v) is 13.9. The molecule has 36 heavy (non-hydrogen) atoms. The van der Waals surface area contributed by atoms with E-state index < -0.39 is 12.0 Å². The van der Waals surface area contributed by atoms with Crippen LogP contribution >= 0.6 is 57.1 Å². The molecule has 1 aromatic heterocycles. The van der Waals surface area contributed by atoms with E-state index >= 15 is 0 Å². The second-order valence-electron chi connectivity index (χ2n) is 8.30. The molecule has 0 radical (unpaired) electrons. The molecule has 10 heteroatoms. The third-order valence-corrected chi connectivity index (χ3v) is 7.74. The maximum absolute atomic E-state index is 13.8. The number of nitrogens with zero attached hydrogens (tertiary/aromatic N) is 2. The highest BCUT2D eigenvalue weighted by Crippen LogP contribution is 2.35. The van der Waals surface area contributed by atoms with Gasteiger partial charge >= 0.3 is 5.97 Å². The number of ether oxygens (including phenoxy) is 2. The maximum Gasteiger partial charge on any atom is 0.338 e. The SMILES string of the molecule is CCOC(=O)C1=C(C)N=c2s/c(=C\c3cc(Cl)cc(I)c3OC(C)C)c(=O)n2[C@H]1c1ccccc1Cl. The van der Waals surface area contributed by atoms with Crippen LogP contribution in [0, 0.1) is 3.57 Å². The molecule has 188 valence electrons. The number of halogens is 3. The number of hydrogen-bond acceptors (Lipinski definition) is 6. The first kappa shape index (κ1) is 26.9. The Morgan fingerprint density at radius 3 is 2.67 bits per heavy atom. The number of aromatic nitrogens is 1. The van der Waals surface area contributed by atoms with Crippen molar-refractivity contribution < 1.29 is 14.3 Å². The lowest BCUT2D eigenvalue weighted by atomic mass is 9.96. The van der Waals surface area contributed by atoms with Crippen molar-refractivity contribution in [3.05, 3.63) is 92.1 Å². The molecule has 3 aromatic rings. The molecule has 6 nitrogen and oxygen atoms in total. The zero-order valence-corrected chi connectivity index (χ0v) is 24.5. The van der Waals surface area contributed by atoms with Crippen LogP contribution < -0.4 is 19.6 Å². The molecular weight excluding hydrogens is 634 g/mol. The van der Waals surface area contributed by atoms with Gasteiger partial charge in [-0.2, -0.15) is 0 Å². The van der Waals surface area contributed by atoms with Gasteiger partial charge < -0.3 is 9.47 Å². The van der Waals surface area contributed by atoms with E-state index in [0.717, 1.165) is 3.57 Å². The summed E-state index contributed by atoms with van der Waals surface area (Å²) in [5, 5.41) is 0.967. The second kappa shape index (κ2) is 11.1. The zero-order chi connectivity index (χ0) is 26.1. The molecule has 1 aliphatic heterocycles. The number of thiazole rings is 1. The first-order valence-electron chi connectivity index (χ1n) is 11.2. The van der Waals surface area contributed by atoms with Gasteiger partial charge in [0.1, 0.15) is 11.8 Å².